The maximum atomic E-state index is 4.08. The third-order valence-electron chi connectivity index (χ3n) is 2.24. The summed E-state index contributed by atoms with van der Waals surface area (Å²) < 4.78 is 0. The molecule has 0 saturated heterocycles. The molecule has 0 spiro atoms. The number of nitrogens with zero attached hydrogens (tertiary/aromatic N) is 1. The van der Waals surface area contributed by atoms with Crippen molar-refractivity contribution in [2.24, 2.45) is 5.92 Å². The minimum absolute atomic E-state index is 0.536. The Balaban J connectivity index is 2.65. The highest BCUT2D eigenvalue weighted by Gasteiger charge is 2.04. The average molecular weight is 224 g/mol. The number of rotatable bonds is 5. The second-order valence-electron chi connectivity index (χ2n) is 4.31. The molecule has 0 radical (unpaired) electrons. The smallest absolute Gasteiger partial charge is 0.0797 e. The number of nitrogens with one attached hydrogen (secondary N) is 1. The van der Waals surface area contributed by atoms with Crippen LogP contribution in [0.2, 0.25) is 0 Å². The van der Waals surface area contributed by atoms with Gasteiger partial charge in [-0.3, -0.25) is 4.98 Å². The molecular weight excluding hydrogens is 204 g/mol. The van der Waals surface area contributed by atoms with Crippen molar-refractivity contribution >= 4 is 17.4 Å². The van der Waals surface area contributed by atoms with Crippen LogP contribution in [0.1, 0.15) is 32.6 Å². The summed E-state index contributed by atoms with van der Waals surface area (Å²) in [6, 6.07) is 0.536. The van der Waals surface area contributed by atoms with Crippen LogP contribution in [0.15, 0.2) is 17.3 Å². The summed E-state index contributed by atoms with van der Waals surface area (Å²) >= 11 is 1.69. The summed E-state index contributed by atoms with van der Waals surface area (Å²) in [7, 11) is 0. The molecule has 1 aromatic rings. The molecule has 0 aromatic carbocycles. The van der Waals surface area contributed by atoms with Gasteiger partial charge in [-0.1, -0.05) is 33.3 Å². The van der Waals surface area contributed by atoms with Gasteiger partial charge in [-0.25, -0.2) is 0 Å². The van der Waals surface area contributed by atoms with Gasteiger partial charge in [0.15, 0.2) is 0 Å². The van der Waals surface area contributed by atoms with E-state index in [1.165, 1.54) is 10.5 Å². The van der Waals surface area contributed by atoms with Crippen molar-refractivity contribution in [1.29, 1.82) is 0 Å². The first-order valence-electron chi connectivity index (χ1n) is 5.42. The van der Waals surface area contributed by atoms with Crippen molar-refractivity contribution in [2.45, 2.75) is 33.7 Å². The first kappa shape index (κ1) is 12.4. The van der Waals surface area contributed by atoms with E-state index in [-0.39, 0.29) is 0 Å². The van der Waals surface area contributed by atoms with E-state index in [9.17, 15) is 0 Å². The van der Waals surface area contributed by atoms with E-state index >= 15 is 0 Å². The van der Waals surface area contributed by atoms with Gasteiger partial charge in [0, 0.05) is 23.7 Å². The third kappa shape index (κ3) is 4.58. The lowest BCUT2D eigenvalue weighted by molar-refractivity contribution is 0.593. The van der Waals surface area contributed by atoms with Crippen LogP contribution in [0.4, 0.5) is 0 Å². The average Bonchev–Trinajstić information content (AvgIpc) is 2.63. The second kappa shape index (κ2) is 6.03. The Labute approximate surface area is 96.4 Å². The van der Waals surface area contributed by atoms with Gasteiger partial charge >= 0.3 is 0 Å². The third-order valence-corrected chi connectivity index (χ3v) is 2.96. The van der Waals surface area contributed by atoms with Gasteiger partial charge in [-0.2, -0.15) is 0 Å². The summed E-state index contributed by atoms with van der Waals surface area (Å²) in [6.45, 7) is 9.77. The maximum Gasteiger partial charge on any atom is 0.0797 e. The fourth-order valence-electron chi connectivity index (χ4n) is 1.22. The van der Waals surface area contributed by atoms with E-state index in [0.717, 1.165) is 6.54 Å². The molecular formula is C12H20N2S. The van der Waals surface area contributed by atoms with E-state index in [0.29, 0.717) is 12.0 Å². The highest BCUT2D eigenvalue weighted by Crippen LogP contribution is 2.16. The fraction of sp³-hybridized carbons (Fsp3) is 0.583. The predicted octanol–water partition coefficient (Wildman–Crippen LogP) is 3.18. The SMILES string of the molecule is CC(C)NCC(=Cc1cncs1)C(C)C. The van der Waals surface area contributed by atoms with E-state index < -0.39 is 0 Å². The van der Waals surface area contributed by atoms with Gasteiger partial charge in [0.25, 0.3) is 0 Å². The summed E-state index contributed by atoms with van der Waals surface area (Å²) in [5.41, 5.74) is 3.31. The van der Waals surface area contributed by atoms with E-state index in [1.807, 2.05) is 11.7 Å². The zero-order chi connectivity index (χ0) is 11.3. The largest absolute Gasteiger partial charge is 0.311 e. The van der Waals surface area contributed by atoms with E-state index in [2.05, 4.69) is 44.1 Å². The van der Waals surface area contributed by atoms with Crippen molar-refractivity contribution < 1.29 is 0 Å². The van der Waals surface area contributed by atoms with Crippen molar-refractivity contribution in [3.8, 4) is 0 Å². The molecule has 1 aromatic heterocycles. The number of thiazole rings is 1. The zero-order valence-electron chi connectivity index (χ0n) is 9.95. The van der Waals surface area contributed by atoms with Crippen molar-refractivity contribution in [3.05, 3.63) is 22.2 Å². The summed E-state index contributed by atoms with van der Waals surface area (Å²) in [4.78, 5) is 5.32. The predicted molar refractivity (Wildman–Crippen MR) is 68.1 cm³/mol. The lowest BCUT2D eigenvalue weighted by atomic mass is 10.0. The number of aromatic nitrogens is 1. The Morgan fingerprint density at radius 1 is 1.47 bits per heavy atom. The van der Waals surface area contributed by atoms with Crippen LogP contribution in [-0.4, -0.2) is 17.6 Å². The number of hydrogen-bond acceptors (Lipinski definition) is 3. The molecule has 0 fully saturated rings. The lowest BCUT2D eigenvalue weighted by Gasteiger charge is -2.14. The molecule has 0 aliphatic heterocycles. The van der Waals surface area contributed by atoms with Gasteiger partial charge in [0.05, 0.1) is 5.51 Å². The molecule has 0 saturated carbocycles. The minimum Gasteiger partial charge on any atom is -0.311 e. The molecule has 15 heavy (non-hydrogen) atoms. The molecule has 0 bridgehead atoms. The Morgan fingerprint density at radius 3 is 2.67 bits per heavy atom. The van der Waals surface area contributed by atoms with Crippen molar-refractivity contribution in [2.75, 3.05) is 6.54 Å². The second-order valence-corrected chi connectivity index (χ2v) is 5.23. The monoisotopic (exact) mass is 224 g/mol. The van der Waals surface area contributed by atoms with Crippen LogP contribution in [0, 0.1) is 5.92 Å². The normalized spacial score (nSPS) is 12.8. The van der Waals surface area contributed by atoms with E-state index in [1.54, 1.807) is 11.3 Å². The van der Waals surface area contributed by atoms with Gasteiger partial charge < -0.3 is 5.32 Å². The zero-order valence-corrected chi connectivity index (χ0v) is 10.8. The molecule has 1 heterocycles. The molecule has 0 atom stereocenters. The molecule has 3 heteroatoms. The van der Waals surface area contributed by atoms with E-state index in [4.69, 9.17) is 0 Å². The van der Waals surface area contributed by atoms with Crippen LogP contribution < -0.4 is 5.32 Å². The maximum absolute atomic E-state index is 4.08. The lowest BCUT2D eigenvalue weighted by Crippen LogP contribution is -2.26. The highest BCUT2D eigenvalue weighted by atomic mass is 32.1. The molecule has 2 nitrogen and oxygen atoms in total. The fourth-order valence-corrected chi connectivity index (χ4v) is 1.81. The number of hydrogen-bond donors (Lipinski definition) is 1. The molecule has 1 rings (SSSR count). The highest BCUT2D eigenvalue weighted by molar-refractivity contribution is 7.10. The van der Waals surface area contributed by atoms with Crippen LogP contribution >= 0.6 is 11.3 Å². The first-order valence-corrected chi connectivity index (χ1v) is 6.30. The minimum atomic E-state index is 0.536. The Kier molecular flexibility index (Phi) is 4.99. The van der Waals surface area contributed by atoms with Gasteiger partial charge in [0.2, 0.25) is 0 Å². The van der Waals surface area contributed by atoms with Crippen LogP contribution in [0.3, 0.4) is 0 Å². The van der Waals surface area contributed by atoms with Crippen molar-refractivity contribution in [1.82, 2.24) is 10.3 Å². The quantitative estimate of drug-likeness (QED) is 0.831. The van der Waals surface area contributed by atoms with Gasteiger partial charge in [-0.15, -0.1) is 11.3 Å². The summed E-state index contributed by atoms with van der Waals surface area (Å²) in [5.74, 6) is 0.582. The topological polar surface area (TPSA) is 24.9 Å². The summed E-state index contributed by atoms with van der Waals surface area (Å²) in [6.07, 6.45) is 4.17. The molecule has 84 valence electrons. The van der Waals surface area contributed by atoms with Crippen LogP contribution in [0.5, 0.6) is 0 Å². The molecule has 0 amide bonds. The van der Waals surface area contributed by atoms with Crippen molar-refractivity contribution in [3.63, 3.8) is 0 Å². The molecule has 0 aliphatic rings. The van der Waals surface area contributed by atoms with Crippen LogP contribution in [0.25, 0.3) is 6.08 Å². The first-order chi connectivity index (χ1) is 7.09. The Morgan fingerprint density at radius 2 is 2.20 bits per heavy atom. The Hall–Kier alpha value is -0.670. The summed E-state index contributed by atoms with van der Waals surface area (Å²) in [5, 5.41) is 3.46. The Bertz CT molecular complexity index is 299. The standard InChI is InChI=1S/C12H20N2S/c1-9(2)11(6-14-10(3)4)5-12-7-13-8-15-12/h5,7-10,14H,6H2,1-4H3. The van der Waals surface area contributed by atoms with Crippen LogP contribution in [-0.2, 0) is 0 Å². The molecule has 0 aliphatic carbocycles. The van der Waals surface area contributed by atoms with Gasteiger partial charge in [-0.05, 0) is 12.0 Å². The molecule has 1 N–H and O–H groups in total. The molecule has 0 unspecified atom stereocenters. The van der Waals surface area contributed by atoms with Gasteiger partial charge in [0.1, 0.15) is 0 Å².